The number of hydrogen-bond acceptors (Lipinski definition) is 4. The molecule has 0 atom stereocenters. The Bertz CT molecular complexity index is 1270. The SMILES string of the molecule is Br.CCc1cccc(CC)c1N=C(SCc1ccccc1)N(Cc1ccc(OC)cc1)Cc1ccc(OC)cc1. The summed E-state index contributed by atoms with van der Waals surface area (Å²) in [5, 5.41) is 1.01. The highest BCUT2D eigenvalue weighted by molar-refractivity contribution is 8.93. The van der Waals surface area contributed by atoms with Gasteiger partial charge in [-0.25, -0.2) is 4.99 Å². The second kappa shape index (κ2) is 16.1. The number of benzene rings is 4. The van der Waals surface area contributed by atoms with Crippen molar-refractivity contribution in [2.45, 2.75) is 45.5 Å². The molecule has 4 aromatic rings. The first-order valence-electron chi connectivity index (χ1n) is 13.5. The van der Waals surface area contributed by atoms with Crippen LogP contribution in [0.5, 0.6) is 11.5 Å². The molecule has 0 N–H and O–H groups in total. The molecule has 210 valence electrons. The van der Waals surface area contributed by atoms with Gasteiger partial charge in [0.1, 0.15) is 11.5 Å². The molecule has 4 rings (SSSR count). The van der Waals surface area contributed by atoms with Gasteiger partial charge < -0.3 is 14.4 Å². The Morgan fingerprint density at radius 3 is 1.60 bits per heavy atom. The van der Waals surface area contributed by atoms with Crippen molar-refractivity contribution in [2.24, 2.45) is 4.99 Å². The number of hydrogen-bond donors (Lipinski definition) is 0. The van der Waals surface area contributed by atoms with E-state index in [2.05, 4.69) is 91.5 Å². The summed E-state index contributed by atoms with van der Waals surface area (Å²) in [4.78, 5) is 7.82. The van der Waals surface area contributed by atoms with Gasteiger partial charge in [0.25, 0.3) is 0 Å². The second-order valence-electron chi connectivity index (χ2n) is 9.35. The largest absolute Gasteiger partial charge is 0.497 e. The molecule has 0 fully saturated rings. The summed E-state index contributed by atoms with van der Waals surface area (Å²) >= 11 is 1.80. The highest BCUT2D eigenvalue weighted by atomic mass is 79.9. The molecule has 0 bridgehead atoms. The average Bonchev–Trinajstić information content (AvgIpc) is 3.00. The van der Waals surface area contributed by atoms with Gasteiger partial charge in [-0.3, -0.25) is 0 Å². The molecule has 40 heavy (non-hydrogen) atoms. The van der Waals surface area contributed by atoms with Gasteiger partial charge in [-0.1, -0.05) is 98.4 Å². The molecule has 0 aliphatic heterocycles. The maximum absolute atomic E-state index is 5.43. The van der Waals surface area contributed by atoms with Gasteiger partial charge in [-0.2, -0.15) is 0 Å². The Kier molecular flexibility index (Phi) is 12.6. The van der Waals surface area contributed by atoms with E-state index in [0.717, 1.165) is 54.0 Å². The van der Waals surface area contributed by atoms with Gasteiger partial charge in [0.15, 0.2) is 5.17 Å². The number of para-hydroxylation sites is 1. The minimum absolute atomic E-state index is 0. The van der Waals surface area contributed by atoms with E-state index in [4.69, 9.17) is 14.5 Å². The Hall–Kier alpha value is -3.22. The molecular weight excluding hydrogens is 580 g/mol. The van der Waals surface area contributed by atoms with Crippen molar-refractivity contribution in [3.05, 3.63) is 125 Å². The van der Waals surface area contributed by atoms with Crippen molar-refractivity contribution in [1.82, 2.24) is 4.90 Å². The van der Waals surface area contributed by atoms with Gasteiger partial charge >= 0.3 is 0 Å². The first kappa shape index (κ1) is 31.3. The topological polar surface area (TPSA) is 34.1 Å². The Balaban J connectivity index is 0.00000441. The van der Waals surface area contributed by atoms with Gasteiger partial charge in [0.2, 0.25) is 0 Å². The van der Waals surface area contributed by atoms with Crippen LogP contribution in [0.2, 0.25) is 0 Å². The highest BCUT2D eigenvalue weighted by Crippen LogP contribution is 2.30. The fourth-order valence-corrected chi connectivity index (χ4v) is 5.42. The molecule has 4 nitrogen and oxygen atoms in total. The van der Waals surface area contributed by atoms with Crippen LogP contribution in [0.4, 0.5) is 5.69 Å². The fraction of sp³-hybridized carbons (Fsp3) is 0.265. The average molecular weight is 620 g/mol. The normalized spacial score (nSPS) is 11.1. The van der Waals surface area contributed by atoms with Crippen LogP contribution in [-0.2, 0) is 31.7 Å². The number of halogens is 1. The lowest BCUT2D eigenvalue weighted by molar-refractivity contribution is 0.405. The van der Waals surface area contributed by atoms with Crippen molar-refractivity contribution in [3.63, 3.8) is 0 Å². The van der Waals surface area contributed by atoms with Gasteiger partial charge in [0, 0.05) is 18.8 Å². The summed E-state index contributed by atoms with van der Waals surface area (Å²) in [5.41, 5.74) is 7.35. The Morgan fingerprint density at radius 2 is 1.15 bits per heavy atom. The highest BCUT2D eigenvalue weighted by Gasteiger charge is 2.17. The van der Waals surface area contributed by atoms with Crippen molar-refractivity contribution >= 4 is 39.6 Å². The first-order chi connectivity index (χ1) is 19.1. The number of aliphatic imine (C=N–C) groups is 1. The third-order valence-electron chi connectivity index (χ3n) is 6.72. The van der Waals surface area contributed by atoms with Crippen LogP contribution < -0.4 is 9.47 Å². The molecule has 0 aromatic heterocycles. The first-order valence-corrected chi connectivity index (χ1v) is 14.5. The zero-order chi connectivity index (χ0) is 27.5. The van der Waals surface area contributed by atoms with E-state index in [0.29, 0.717) is 0 Å². The number of rotatable bonds is 11. The van der Waals surface area contributed by atoms with Crippen LogP contribution in [0.25, 0.3) is 0 Å². The minimum Gasteiger partial charge on any atom is -0.497 e. The molecule has 4 aromatic carbocycles. The standard InChI is InChI=1S/C34H38N2O2S.BrH/c1-5-29-13-10-14-30(6-2)33(29)35-34(39-25-28-11-8-7-9-12-28)36(23-26-15-19-31(37-3)20-16-26)24-27-17-21-32(38-4)22-18-27;/h7-22H,5-6,23-25H2,1-4H3;1H. The number of methoxy groups -OCH3 is 2. The molecule has 0 aliphatic carbocycles. The van der Waals surface area contributed by atoms with E-state index in [1.807, 2.05) is 24.3 Å². The summed E-state index contributed by atoms with van der Waals surface area (Å²) in [7, 11) is 3.40. The summed E-state index contributed by atoms with van der Waals surface area (Å²) < 4.78 is 10.8. The van der Waals surface area contributed by atoms with Crippen LogP contribution in [0.3, 0.4) is 0 Å². The molecule has 0 saturated carbocycles. The van der Waals surface area contributed by atoms with Crippen LogP contribution in [0, 0.1) is 0 Å². The van der Waals surface area contributed by atoms with Crippen LogP contribution in [0.15, 0.2) is 102 Å². The lowest BCUT2D eigenvalue weighted by atomic mass is 10.0. The van der Waals surface area contributed by atoms with E-state index in [-0.39, 0.29) is 17.0 Å². The smallest absolute Gasteiger partial charge is 0.165 e. The number of thioether (sulfide) groups is 1. The summed E-state index contributed by atoms with van der Waals surface area (Å²) in [6.45, 7) is 5.87. The zero-order valence-corrected chi connectivity index (χ0v) is 26.3. The number of ether oxygens (including phenoxy) is 2. The lowest BCUT2D eigenvalue weighted by Gasteiger charge is -2.27. The van der Waals surface area contributed by atoms with Crippen molar-refractivity contribution < 1.29 is 9.47 Å². The quantitative estimate of drug-likeness (QED) is 0.124. The summed E-state index contributed by atoms with van der Waals surface area (Å²) in [6.07, 6.45) is 1.89. The minimum atomic E-state index is 0. The van der Waals surface area contributed by atoms with Crippen LogP contribution >= 0.6 is 28.7 Å². The monoisotopic (exact) mass is 618 g/mol. The second-order valence-corrected chi connectivity index (χ2v) is 10.3. The Labute approximate surface area is 254 Å². The molecule has 0 radical (unpaired) electrons. The third kappa shape index (κ3) is 8.64. The predicted molar refractivity (Wildman–Crippen MR) is 176 cm³/mol. The van der Waals surface area contributed by atoms with Crippen molar-refractivity contribution in [2.75, 3.05) is 14.2 Å². The number of aryl methyl sites for hydroxylation is 2. The molecule has 0 heterocycles. The predicted octanol–water partition coefficient (Wildman–Crippen LogP) is 9.03. The van der Waals surface area contributed by atoms with Gasteiger partial charge in [-0.05, 0) is 64.9 Å². The van der Waals surface area contributed by atoms with Crippen LogP contribution in [-0.4, -0.2) is 24.3 Å². The van der Waals surface area contributed by atoms with E-state index in [1.54, 1.807) is 26.0 Å². The zero-order valence-electron chi connectivity index (χ0n) is 23.8. The summed E-state index contributed by atoms with van der Waals surface area (Å²) in [6, 6.07) is 33.8. The number of amidine groups is 1. The van der Waals surface area contributed by atoms with Crippen molar-refractivity contribution in [1.29, 1.82) is 0 Å². The van der Waals surface area contributed by atoms with E-state index >= 15 is 0 Å². The lowest BCUT2D eigenvalue weighted by Crippen LogP contribution is -2.28. The van der Waals surface area contributed by atoms with E-state index in [1.165, 1.54) is 27.8 Å². The number of nitrogens with zero attached hydrogens (tertiary/aromatic N) is 2. The van der Waals surface area contributed by atoms with E-state index < -0.39 is 0 Å². The van der Waals surface area contributed by atoms with Gasteiger partial charge in [0.05, 0.1) is 19.9 Å². The van der Waals surface area contributed by atoms with Gasteiger partial charge in [-0.15, -0.1) is 17.0 Å². The maximum atomic E-state index is 5.43. The fourth-order valence-electron chi connectivity index (χ4n) is 4.46. The molecule has 0 aliphatic rings. The maximum Gasteiger partial charge on any atom is 0.165 e. The molecule has 6 heteroatoms. The molecule has 0 saturated heterocycles. The molecule has 0 amide bonds. The Morgan fingerprint density at radius 1 is 0.650 bits per heavy atom. The molecule has 0 spiro atoms. The van der Waals surface area contributed by atoms with Crippen molar-refractivity contribution in [3.8, 4) is 11.5 Å². The summed E-state index contributed by atoms with van der Waals surface area (Å²) in [5.74, 6) is 2.56. The molecular formula is C34H39BrN2O2S. The van der Waals surface area contributed by atoms with E-state index in [9.17, 15) is 0 Å². The van der Waals surface area contributed by atoms with Crippen LogP contribution in [0.1, 0.15) is 41.7 Å². The molecule has 0 unspecified atom stereocenters. The third-order valence-corrected chi connectivity index (χ3v) is 7.80.